The number of aliphatic hydroxyl groups excluding tert-OH is 1. The number of amides is 2. The Morgan fingerprint density at radius 2 is 1.80 bits per heavy atom. The number of benzene rings is 2. The van der Waals surface area contributed by atoms with Gasteiger partial charge in [-0.25, -0.2) is 4.98 Å². The highest BCUT2D eigenvalue weighted by molar-refractivity contribution is 6.09. The second-order valence-corrected chi connectivity index (χ2v) is 12.4. The summed E-state index contributed by atoms with van der Waals surface area (Å²) in [6.45, 7) is 8.03. The average molecular weight is 624 g/mol. The predicted octanol–water partition coefficient (Wildman–Crippen LogP) is 4.45. The highest BCUT2D eigenvalue weighted by Crippen LogP contribution is 2.37. The van der Waals surface area contributed by atoms with Crippen LogP contribution in [0.1, 0.15) is 52.6 Å². The number of ether oxygens (including phenoxy) is 2. The van der Waals surface area contributed by atoms with E-state index in [-0.39, 0.29) is 41.8 Å². The zero-order valence-electron chi connectivity index (χ0n) is 26.4. The first-order valence-corrected chi connectivity index (χ1v) is 15.2. The Balaban J connectivity index is 1.28. The number of morpholine rings is 1. The molecule has 0 saturated carbocycles. The van der Waals surface area contributed by atoms with Gasteiger partial charge in [0.25, 0.3) is 17.4 Å². The summed E-state index contributed by atoms with van der Waals surface area (Å²) in [6.07, 6.45) is 3.17. The Labute approximate surface area is 267 Å². The molecular weight excluding hydrogens is 586 g/mol. The predicted molar refractivity (Wildman–Crippen MR) is 175 cm³/mol. The van der Waals surface area contributed by atoms with Crippen molar-refractivity contribution >= 4 is 29.0 Å². The molecule has 6 rings (SSSR count). The third kappa shape index (κ3) is 5.99. The van der Waals surface area contributed by atoms with Gasteiger partial charge in [0.1, 0.15) is 17.3 Å². The van der Waals surface area contributed by atoms with Gasteiger partial charge in [0.15, 0.2) is 6.73 Å². The lowest BCUT2D eigenvalue weighted by atomic mass is 9.86. The standard InChI is InChI=1S/C35H37N5O6/c1-35(2,3)24-9-10-26-30(17-24)46-21-40(33(26)43)29-7-5-6-25(27(29)20-41)23-16-28(34(44)38(4)19-23)37-31-11-8-22(18-36-31)32(42)39-12-14-45-15-13-39/h5-11,16-19,41H,12-15,20-21H2,1-4H3,(H,36,37). The van der Waals surface area contributed by atoms with Gasteiger partial charge in [0.2, 0.25) is 0 Å². The molecule has 46 heavy (non-hydrogen) atoms. The Morgan fingerprint density at radius 1 is 1.02 bits per heavy atom. The molecule has 0 radical (unpaired) electrons. The van der Waals surface area contributed by atoms with E-state index < -0.39 is 0 Å². The molecule has 2 N–H and O–H groups in total. The van der Waals surface area contributed by atoms with Crippen LogP contribution in [-0.2, 0) is 23.8 Å². The molecule has 2 amide bonds. The number of anilines is 3. The molecular formula is C35H37N5O6. The quantitative estimate of drug-likeness (QED) is 0.323. The third-order valence-electron chi connectivity index (χ3n) is 8.34. The van der Waals surface area contributed by atoms with Crippen LogP contribution in [0.25, 0.3) is 11.1 Å². The van der Waals surface area contributed by atoms with E-state index in [0.29, 0.717) is 71.4 Å². The zero-order valence-corrected chi connectivity index (χ0v) is 26.4. The van der Waals surface area contributed by atoms with Gasteiger partial charge in [0, 0.05) is 43.7 Å². The zero-order chi connectivity index (χ0) is 32.6. The van der Waals surface area contributed by atoms with E-state index in [4.69, 9.17) is 9.47 Å². The molecule has 2 aromatic heterocycles. The van der Waals surface area contributed by atoms with Crippen LogP contribution in [-0.4, -0.2) is 64.4 Å². The molecule has 11 heteroatoms. The van der Waals surface area contributed by atoms with E-state index in [9.17, 15) is 19.5 Å². The molecule has 2 aliphatic heterocycles. The molecule has 4 aromatic rings. The van der Waals surface area contributed by atoms with Gasteiger partial charge in [-0.05, 0) is 52.9 Å². The second-order valence-electron chi connectivity index (χ2n) is 12.4. The first-order valence-electron chi connectivity index (χ1n) is 15.2. The van der Waals surface area contributed by atoms with Gasteiger partial charge in [-0.2, -0.15) is 0 Å². The van der Waals surface area contributed by atoms with Crippen LogP contribution in [0.5, 0.6) is 5.75 Å². The number of rotatable bonds is 6. The molecule has 11 nitrogen and oxygen atoms in total. The average Bonchev–Trinajstić information content (AvgIpc) is 3.06. The van der Waals surface area contributed by atoms with Crippen LogP contribution >= 0.6 is 0 Å². The Hall–Kier alpha value is -5.00. The topological polar surface area (TPSA) is 126 Å². The van der Waals surface area contributed by atoms with Crippen molar-refractivity contribution in [2.24, 2.45) is 7.05 Å². The monoisotopic (exact) mass is 623 g/mol. The number of hydrogen-bond donors (Lipinski definition) is 2. The van der Waals surface area contributed by atoms with Crippen LogP contribution < -0.4 is 20.5 Å². The molecule has 238 valence electrons. The molecule has 1 saturated heterocycles. The summed E-state index contributed by atoms with van der Waals surface area (Å²) in [5.74, 6) is 0.593. The number of nitrogens with zero attached hydrogens (tertiary/aromatic N) is 4. The summed E-state index contributed by atoms with van der Waals surface area (Å²) < 4.78 is 12.8. The van der Waals surface area contributed by atoms with Crippen molar-refractivity contribution in [2.45, 2.75) is 32.8 Å². The van der Waals surface area contributed by atoms with E-state index in [1.165, 1.54) is 15.7 Å². The van der Waals surface area contributed by atoms with Crippen molar-refractivity contribution in [3.05, 3.63) is 99.6 Å². The summed E-state index contributed by atoms with van der Waals surface area (Å²) in [4.78, 5) is 47.2. The first-order chi connectivity index (χ1) is 22.0. The van der Waals surface area contributed by atoms with E-state index in [2.05, 4.69) is 31.1 Å². The summed E-state index contributed by atoms with van der Waals surface area (Å²) in [5, 5.41) is 13.7. The molecule has 4 heterocycles. The van der Waals surface area contributed by atoms with Crippen LogP contribution in [0.3, 0.4) is 0 Å². The van der Waals surface area contributed by atoms with E-state index >= 15 is 0 Å². The van der Waals surface area contributed by atoms with Crippen molar-refractivity contribution in [3.63, 3.8) is 0 Å². The third-order valence-corrected chi connectivity index (χ3v) is 8.34. The van der Waals surface area contributed by atoms with Crippen molar-refractivity contribution < 1.29 is 24.2 Å². The van der Waals surface area contributed by atoms with Crippen molar-refractivity contribution in [1.82, 2.24) is 14.5 Å². The number of hydrogen-bond acceptors (Lipinski definition) is 8. The van der Waals surface area contributed by atoms with Gasteiger partial charge in [-0.15, -0.1) is 0 Å². The number of fused-ring (bicyclic) bond motifs is 1. The van der Waals surface area contributed by atoms with Crippen molar-refractivity contribution in [3.8, 4) is 16.9 Å². The van der Waals surface area contributed by atoms with E-state index in [1.807, 2.05) is 18.2 Å². The highest BCUT2D eigenvalue weighted by Gasteiger charge is 2.30. The van der Waals surface area contributed by atoms with Gasteiger partial charge in [-0.1, -0.05) is 39.0 Å². The normalized spacial score (nSPS) is 14.9. The largest absolute Gasteiger partial charge is 0.472 e. The van der Waals surface area contributed by atoms with Crippen molar-refractivity contribution in [2.75, 3.05) is 43.3 Å². The lowest BCUT2D eigenvalue weighted by Gasteiger charge is -2.32. The van der Waals surface area contributed by atoms with Crippen LogP contribution in [0.15, 0.2) is 71.8 Å². The fourth-order valence-corrected chi connectivity index (χ4v) is 5.70. The maximum Gasteiger partial charge on any atom is 0.274 e. The minimum absolute atomic E-state index is 0.00826. The van der Waals surface area contributed by atoms with Gasteiger partial charge >= 0.3 is 0 Å². The minimum Gasteiger partial charge on any atom is -0.472 e. The molecule has 0 atom stereocenters. The Morgan fingerprint density at radius 3 is 2.50 bits per heavy atom. The van der Waals surface area contributed by atoms with E-state index in [1.54, 1.807) is 54.5 Å². The number of pyridine rings is 2. The molecule has 0 aliphatic carbocycles. The SMILES string of the molecule is Cn1cc(-c2cccc(N3COc4cc(C(C)(C)C)ccc4C3=O)c2CO)cc(Nc2ccc(C(=O)N3CCOCC3)cn2)c1=O. The van der Waals surface area contributed by atoms with Gasteiger partial charge < -0.3 is 29.4 Å². The van der Waals surface area contributed by atoms with E-state index in [0.717, 1.165) is 5.56 Å². The maximum atomic E-state index is 13.7. The number of aromatic nitrogens is 2. The second kappa shape index (κ2) is 12.4. The fraction of sp³-hybridized carbons (Fsp3) is 0.314. The molecule has 2 aliphatic rings. The van der Waals surface area contributed by atoms with Crippen LogP contribution in [0.4, 0.5) is 17.2 Å². The number of nitrogens with one attached hydrogen (secondary N) is 1. The summed E-state index contributed by atoms with van der Waals surface area (Å²) in [5.41, 5.74) is 4.18. The summed E-state index contributed by atoms with van der Waals surface area (Å²) in [7, 11) is 1.64. The molecule has 2 aromatic carbocycles. The molecule has 1 fully saturated rings. The molecule has 0 bridgehead atoms. The molecule has 0 spiro atoms. The lowest BCUT2D eigenvalue weighted by molar-refractivity contribution is 0.0302. The van der Waals surface area contributed by atoms with Crippen LogP contribution in [0.2, 0.25) is 0 Å². The fourth-order valence-electron chi connectivity index (χ4n) is 5.70. The molecule has 0 unspecified atom stereocenters. The lowest BCUT2D eigenvalue weighted by Crippen LogP contribution is -2.40. The first kappa shape index (κ1) is 31.0. The summed E-state index contributed by atoms with van der Waals surface area (Å²) >= 11 is 0. The number of carbonyl (C=O) groups excluding carboxylic acids is 2. The highest BCUT2D eigenvalue weighted by atomic mass is 16.5. The minimum atomic E-state index is -0.350. The number of aryl methyl sites for hydroxylation is 1. The van der Waals surface area contributed by atoms with Gasteiger partial charge in [-0.3, -0.25) is 19.3 Å². The summed E-state index contributed by atoms with van der Waals surface area (Å²) in [6, 6.07) is 16.1. The van der Waals surface area contributed by atoms with Crippen LogP contribution in [0, 0.1) is 0 Å². The maximum absolute atomic E-state index is 13.7. The Kier molecular flexibility index (Phi) is 8.37. The number of carbonyl (C=O) groups is 2. The Bertz CT molecular complexity index is 1860. The van der Waals surface area contributed by atoms with Gasteiger partial charge in [0.05, 0.1) is 36.6 Å². The number of aliphatic hydroxyl groups is 1. The van der Waals surface area contributed by atoms with Crippen molar-refractivity contribution in [1.29, 1.82) is 0 Å². The smallest absolute Gasteiger partial charge is 0.274 e.